The number of nitrogens with zero attached hydrogens (tertiary/aromatic N) is 2. The Labute approximate surface area is 219 Å². The van der Waals surface area contributed by atoms with Gasteiger partial charge < -0.3 is 29.0 Å². The average Bonchev–Trinajstić information content (AvgIpc) is 3.43. The Balaban J connectivity index is 1.75. The zero-order valence-electron chi connectivity index (χ0n) is 22.3. The second kappa shape index (κ2) is 13.4. The molecule has 1 aromatic heterocycles. The van der Waals surface area contributed by atoms with Crippen LogP contribution in [0.15, 0.2) is 65.3 Å². The van der Waals surface area contributed by atoms with Crippen LogP contribution in [0.2, 0.25) is 0 Å². The van der Waals surface area contributed by atoms with Crippen molar-refractivity contribution in [1.29, 1.82) is 0 Å². The summed E-state index contributed by atoms with van der Waals surface area (Å²) in [4.78, 5) is 30.1. The predicted octanol–water partition coefficient (Wildman–Crippen LogP) is 5.51. The molecule has 198 valence electrons. The molecule has 2 aromatic carbocycles. The molecule has 0 aliphatic heterocycles. The average molecular weight is 508 g/mol. The number of aryl methyl sites for hydroxylation is 1. The molecular weight excluding hydrogens is 470 g/mol. The summed E-state index contributed by atoms with van der Waals surface area (Å²) < 4.78 is 16.3. The molecule has 3 rings (SSSR count). The van der Waals surface area contributed by atoms with E-state index >= 15 is 0 Å². The van der Waals surface area contributed by atoms with E-state index in [1.807, 2.05) is 69.3 Å². The minimum atomic E-state index is -0.301. The van der Waals surface area contributed by atoms with Gasteiger partial charge in [0, 0.05) is 18.3 Å². The number of urea groups is 1. The number of methoxy groups -OCH3 is 2. The van der Waals surface area contributed by atoms with Gasteiger partial charge in [-0.15, -0.1) is 0 Å². The van der Waals surface area contributed by atoms with E-state index < -0.39 is 0 Å². The van der Waals surface area contributed by atoms with Gasteiger partial charge in [-0.3, -0.25) is 4.79 Å². The summed E-state index contributed by atoms with van der Waals surface area (Å²) in [6.45, 7) is 6.65. The molecule has 1 atom stereocenters. The summed E-state index contributed by atoms with van der Waals surface area (Å²) in [5.74, 6) is 1.81. The fraction of sp³-hybridized carbons (Fsp3) is 0.379. The highest BCUT2D eigenvalue weighted by molar-refractivity contribution is 5.92. The van der Waals surface area contributed by atoms with Gasteiger partial charge in [-0.05, 0) is 68.7 Å². The first-order chi connectivity index (χ1) is 17.8. The lowest BCUT2D eigenvalue weighted by Crippen LogP contribution is -2.48. The van der Waals surface area contributed by atoms with Gasteiger partial charge in [0.15, 0.2) is 11.5 Å². The van der Waals surface area contributed by atoms with Crippen LogP contribution in [0.25, 0.3) is 0 Å². The number of hydrogen-bond acceptors (Lipinski definition) is 5. The molecule has 1 heterocycles. The fourth-order valence-corrected chi connectivity index (χ4v) is 3.91. The molecule has 0 saturated heterocycles. The minimum Gasteiger partial charge on any atom is -0.493 e. The lowest BCUT2D eigenvalue weighted by molar-refractivity contribution is -0.133. The molecule has 1 unspecified atom stereocenters. The maximum absolute atomic E-state index is 13.6. The van der Waals surface area contributed by atoms with Crippen molar-refractivity contribution in [2.24, 2.45) is 0 Å². The summed E-state index contributed by atoms with van der Waals surface area (Å²) in [6.07, 6.45) is 2.91. The van der Waals surface area contributed by atoms with Crippen molar-refractivity contribution < 1.29 is 23.5 Å². The van der Waals surface area contributed by atoms with Crippen molar-refractivity contribution in [1.82, 2.24) is 9.80 Å². The van der Waals surface area contributed by atoms with Crippen molar-refractivity contribution in [3.8, 4) is 11.5 Å². The zero-order valence-corrected chi connectivity index (χ0v) is 22.3. The standard InChI is InChI=1S/C29H37N3O5/c1-6-22(3)32(29(34)30-24-12-9-21(2)10-13-24)20-28(33)31(19-25-8-7-17-37-25)16-15-23-11-14-26(35-4)27(18-23)36-5/h7-14,17-18,22H,6,15-16,19-20H2,1-5H3,(H,30,34). The summed E-state index contributed by atoms with van der Waals surface area (Å²) in [6, 6.07) is 16.5. The number of anilines is 1. The third kappa shape index (κ3) is 7.77. The molecule has 0 bridgehead atoms. The first-order valence-electron chi connectivity index (χ1n) is 12.5. The zero-order chi connectivity index (χ0) is 26.8. The minimum absolute atomic E-state index is 0.0423. The van der Waals surface area contributed by atoms with E-state index in [0.29, 0.717) is 42.5 Å². The van der Waals surface area contributed by atoms with Crippen molar-refractivity contribution in [3.05, 3.63) is 77.7 Å². The highest BCUT2D eigenvalue weighted by Gasteiger charge is 2.25. The SMILES string of the molecule is CCC(C)N(CC(=O)N(CCc1ccc(OC)c(OC)c1)Cc1ccco1)C(=O)Nc1ccc(C)cc1. The number of amides is 3. The second-order valence-corrected chi connectivity index (χ2v) is 9.02. The Bertz CT molecular complexity index is 1140. The van der Waals surface area contributed by atoms with Crippen LogP contribution in [0.4, 0.5) is 10.5 Å². The van der Waals surface area contributed by atoms with Gasteiger partial charge in [0.25, 0.3) is 0 Å². The Hall–Kier alpha value is -3.94. The quantitative estimate of drug-likeness (QED) is 0.350. The third-order valence-electron chi connectivity index (χ3n) is 6.39. The van der Waals surface area contributed by atoms with Crippen molar-refractivity contribution >= 4 is 17.6 Å². The molecule has 0 fully saturated rings. The van der Waals surface area contributed by atoms with Crippen molar-refractivity contribution in [2.45, 2.75) is 46.2 Å². The highest BCUT2D eigenvalue weighted by Crippen LogP contribution is 2.28. The van der Waals surface area contributed by atoms with E-state index in [4.69, 9.17) is 13.9 Å². The maximum Gasteiger partial charge on any atom is 0.322 e. The highest BCUT2D eigenvalue weighted by atomic mass is 16.5. The molecule has 3 aromatic rings. The normalized spacial score (nSPS) is 11.5. The number of ether oxygens (including phenoxy) is 2. The van der Waals surface area contributed by atoms with E-state index in [1.165, 1.54) is 0 Å². The molecular formula is C29H37N3O5. The first-order valence-corrected chi connectivity index (χ1v) is 12.5. The molecule has 8 heteroatoms. The first kappa shape index (κ1) is 27.6. The van der Waals surface area contributed by atoms with Crippen molar-refractivity contribution in [2.75, 3.05) is 32.6 Å². The number of benzene rings is 2. The van der Waals surface area contributed by atoms with Gasteiger partial charge >= 0.3 is 6.03 Å². The van der Waals surface area contributed by atoms with Crippen LogP contribution >= 0.6 is 0 Å². The summed E-state index contributed by atoms with van der Waals surface area (Å²) in [5, 5.41) is 2.93. The predicted molar refractivity (Wildman–Crippen MR) is 144 cm³/mol. The van der Waals surface area contributed by atoms with Crippen LogP contribution in [0, 0.1) is 6.92 Å². The molecule has 0 radical (unpaired) electrons. The molecule has 0 aliphatic carbocycles. The van der Waals surface area contributed by atoms with Crippen LogP contribution in [-0.2, 0) is 17.8 Å². The van der Waals surface area contributed by atoms with Crippen LogP contribution in [0.3, 0.4) is 0 Å². The molecule has 3 amide bonds. The van der Waals surface area contributed by atoms with E-state index in [-0.39, 0.29) is 24.5 Å². The van der Waals surface area contributed by atoms with Gasteiger partial charge in [0.1, 0.15) is 12.3 Å². The third-order valence-corrected chi connectivity index (χ3v) is 6.39. The van der Waals surface area contributed by atoms with Crippen molar-refractivity contribution in [3.63, 3.8) is 0 Å². The summed E-state index contributed by atoms with van der Waals surface area (Å²) >= 11 is 0. The molecule has 0 spiro atoms. The Kier molecular flexibility index (Phi) is 10.0. The molecule has 8 nitrogen and oxygen atoms in total. The van der Waals surface area contributed by atoms with Gasteiger partial charge in [-0.1, -0.05) is 30.7 Å². The number of rotatable bonds is 12. The van der Waals surface area contributed by atoms with Crippen LogP contribution in [0.1, 0.15) is 37.2 Å². The molecule has 0 saturated carbocycles. The van der Waals surface area contributed by atoms with Gasteiger partial charge in [0.05, 0.1) is 27.0 Å². The molecule has 0 aliphatic rings. The number of nitrogens with one attached hydrogen (secondary N) is 1. The van der Waals surface area contributed by atoms with Crippen LogP contribution in [0.5, 0.6) is 11.5 Å². The number of hydrogen-bond donors (Lipinski definition) is 1. The number of carbonyl (C=O) groups is 2. The fourth-order valence-electron chi connectivity index (χ4n) is 3.91. The van der Waals surface area contributed by atoms with Gasteiger partial charge in [-0.25, -0.2) is 4.79 Å². The van der Waals surface area contributed by atoms with E-state index in [1.54, 1.807) is 36.3 Å². The smallest absolute Gasteiger partial charge is 0.322 e. The van der Waals surface area contributed by atoms with E-state index in [2.05, 4.69) is 5.32 Å². The van der Waals surface area contributed by atoms with Crippen LogP contribution < -0.4 is 14.8 Å². The van der Waals surface area contributed by atoms with Gasteiger partial charge in [0.2, 0.25) is 5.91 Å². The molecule has 1 N–H and O–H groups in total. The Morgan fingerprint density at radius 3 is 2.38 bits per heavy atom. The van der Waals surface area contributed by atoms with Crippen LogP contribution in [-0.4, -0.2) is 55.1 Å². The summed E-state index contributed by atoms with van der Waals surface area (Å²) in [7, 11) is 3.19. The molecule has 37 heavy (non-hydrogen) atoms. The monoisotopic (exact) mass is 507 g/mol. The second-order valence-electron chi connectivity index (χ2n) is 9.02. The largest absolute Gasteiger partial charge is 0.493 e. The Morgan fingerprint density at radius 2 is 1.76 bits per heavy atom. The maximum atomic E-state index is 13.6. The Morgan fingerprint density at radius 1 is 1.03 bits per heavy atom. The lowest BCUT2D eigenvalue weighted by Gasteiger charge is -2.31. The van der Waals surface area contributed by atoms with E-state index in [9.17, 15) is 9.59 Å². The lowest BCUT2D eigenvalue weighted by atomic mass is 10.1. The number of carbonyl (C=O) groups excluding carboxylic acids is 2. The van der Waals surface area contributed by atoms with Gasteiger partial charge in [-0.2, -0.15) is 0 Å². The summed E-state index contributed by atoms with van der Waals surface area (Å²) in [5.41, 5.74) is 2.80. The topological polar surface area (TPSA) is 84.2 Å². The number of furan rings is 1. The van der Waals surface area contributed by atoms with E-state index in [0.717, 1.165) is 17.5 Å².